The number of guanidine groups is 1. The summed E-state index contributed by atoms with van der Waals surface area (Å²) in [5.41, 5.74) is 2.07. The van der Waals surface area contributed by atoms with E-state index in [2.05, 4.69) is 20.6 Å². The fourth-order valence-corrected chi connectivity index (χ4v) is 3.12. The molecule has 1 atom stereocenters. The second kappa shape index (κ2) is 9.96. The molecule has 3 rings (SSSR count). The molecule has 1 aliphatic heterocycles. The molecule has 0 saturated carbocycles. The molecule has 0 spiro atoms. The normalized spacial score (nSPS) is 17.5. The Morgan fingerprint density at radius 1 is 1.36 bits per heavy atom. The van der Waals surface area contributed by atoms with E-state index in [4.69, 9.17) is 4.74 Å². The Morgan fingerprint density at radius 3 is 2.96 bits per heavy atom. The van der Waals surface area contributed by atoms with Gasteiger partial charge < -0.3 is 20.4 Å². The topological polar surface area (TPSA) is 61.4 Å². The van der Waals surface area contributed by atoms with Crippen LogP contribution in [-0.4, -0.2) is 43.8 Å². The SMILES string of the molecule is CN=C(NCCc1c[nH]c2ccc(F)cc12)NCCC1CCCO1.I. The molecule has 3 N–H and O–H groups in total. The molecule has 138 valence electrons. The summed E-state index contributed by atoms with van der Waals surface area (Å²) in [7, 11) is 1.77. The third kappa shape index (κ3) is 5.57. The first-order valence-electron chi connectivity index (χ1n) is 8.58. The van der Waals surface area contributed by atoms with Gasteiger partial charge in [-0.1, -0.05) is 0 Å². The minimum atomic E-state index is -0.206. The molecule has 1 aliphatic rings. The molecular weight excluding hydrogens is 434 g/mol. The number of hydrogen-bond donors (Lipinski definition) is 3. The summed E-state index contributed by atoms with van der Waals surface area (Å²) in [4.78, 5) is 7.41. The first kappa shape index (κ1) is 20.0. The summed E-state index contributed by atoms with van der Waals surface area (Å²) >= 11 is 0. The number of nitrogens with zero attached hydrogens (tertiary/aromatic N) is 1. The van der Waals surface area contributed by atoms with E-state index in [0.29, 0.717) is 6.10 Å². The maximum absolute atomic E-state index is 13.4. The number of nitrogens with one attached hydrogen (secondary N) is 3. The number of aromatic amines is 1. The molecule has 1 fully saturated rings. The van der Waals surface area contributed by atoms with Gasteiger partial charge >= 0.3 is 0 Å². The van der Waals surface area contributed by atoms with E-state index in [0.717, 1.165) is 61.4 Å². The van der Waals surface area contributed by atoms with Crippen LogP contribution in [0.25, 0.3) is 10.9 Å². The zero-order chi connectivity index (χ0) is 16.8. The summed E-state index contributed by atoms with van der Waals surface area (Å²) in [6, 6.07) is 4.82. The van der Waals surface area contributed by atoms with E-state index in [-0.39, 0.29) is 29.8 Å². The van der Waals surface area contributed by atoms with Crippen molar-refractivity contribution in [1.29, 1.82) is 0 Å². The van der Waals surface area contributed by atoms with Crippen LogP contribution in [0.1, 0.15) is 24.8 Å². The lowest BCUT2D eigenvalue weighted by molar-refractivity contribution is 0.105. The maximum atomic E-state index is 13.4. The van der Waals surface area contributed by atoms with Crippen LogP contribution in [0.2, 0.25) is 0 Å². The molecule has 2 aromatic rings. The van der Waals surface area contributed by atoms with Crippen LogP contribution in [0.4, 0.5) is 4.39 Å². The number of benzene rings is 1. The molecule has 2 heterocycles. The predicted octanol–water partition coefficient (Wildman–Crippen LogP) is 3.20. The Kier molecular flexibility index (Phi) is 7.95. The quantitative estimate of drug-likeness (QED) is 0.353. The molecule has 1 saturated heterocycles. The lowest BCUT2D eigenvalue weighted by Crippen LogP contribution is -2.39. The van der Waals surface area contributed by atoms with Crippen molar-refractivity contribution in [3.63, 3.8) is 0 Å². The lowest BCUT2D eigenvalue weighted by Gasteiger charge is -2.14. The first-order chi connectivity index (χ1) is 11.8. The Labute approximate surface area is 164 Å². The van der Waals surface area contributed by atoms with Crippen molar-refractivity contribution in [2.75, 3.05) is 26.7 Å². The molecule has 5 nitrogen and oxygen atoms in total. The van der Waals surface area contributed by atoms with E-state index < -0.39 is 0 Å². The molecular formula is C18H26FIN4O. The monoisotopic (exact) mass is 460 g/mol. The van der Waals surface area contributed by atoms with Gasteiger partial charge in [-0.25, -0.2) is 4.39 Å². The molecule has 1 aromatic heterocycles. The average Bonchev–Trinajstić information content (AvgIpc) is 3.23. The Hall–Kier alpha value is -1.35. The molecule has 1 unspecified atom stereocenters. The minimum absolute atomic E-state index is 0. The summed E-state index contributed by atoms with van der Waals surface area (Å²) in [6.45, 7) is 2.48. The van der Waals surface area contributed by atoms with Crippen LogP contribution >= 0.6 is 24.0 Å². The zero-order valence-corrected chi connectivity index (χ0v) is 16.8. The van der Waals surface area contributed by atoms with Crippen LogP contribution in [-0.2, 0) is 11.2 Å². The average molecular weight is 460 g/mol. The highest BCUT2D eigenvalue weighted by molar-refractivity contribution is 14.0. The van der Waals surface area contributed by atoms with Crippen molar-refractivity contribution in [2.45, 2.75) is 31.8 Å². The van der Waals surface area contributed by atoms with Gasteiger partial charge in [-0.05, 0) is 49.4 Å². The Balaban J connectivity index is 0.00000225. The van der Waals surface area contributed by atoms with Crippen molar-refractivity contribution < 1.29 is 9.13 Å². The van der Waals surface area contributed by atoms with Crippen molar-refractivity contribution >= 4 is 40.8 Å². The van der Waals surface area contributed by atoms with Gasteiger partial charge in [0.25, 0.3) is 0 Å². The number of halogens is 2. The number of H-pyrrole nitrogens is 1. The van der Waals surface area contributed by atoms with Gasteiger partial charge in [-0.3, -0.25) is 4.99 Å². The zero-order valence-electron chi connectivity index (χ0n) is 14.5. The van der Waals surface area contributed by atoms with Crippen LogP contribution in [0.15, 0.2) is 29.4 Å². The summed E-state index contributed by atoms with van der Waals surface area (Å²) in [6.07, 6.45) is 6.46. The van der Waals surface area contributed by atoms with E-state index in [1.54, 1.807) is 19.2 Å². The van der Waals surface area contributed by atoms with Crippen molar-refractivity contribution in [2.24, 2.45) is 4.99 Å². The van der Waals surface area contributed by atoms with E-state index >= 15 is 0 Å². The van der Waals surface area contributed by atoms with E-state index in [9.17, 15) is 4.39 Å². The van der Waals surface area contributed by atoms with Crippen LogP contribution in [0.5, 0.6) is 0 Å². The van der Waals surface area contributed by atoms with Crippen LogP contribution < -0.4 is 10.6 Å². The molecule has 0 bridgehead atoms. The van der Waals surface area contributed by atoms with Crippen molar-refractivity contribution in [3.05, 3.63) is 35.8 Å². The summed E-state index contributed by atoms with van der Waals surface area (Å²) < 4.78 is 19.0. The van der Waals surface area contributed by atoms with Crippen LogP contribution in [0, 0.1) is 5.82 Å². The summed E-state index contributed by atoms with van der Waals surface area (Å²) in [5, 5.41) is 7.56. The van der Waals surface area contributed by atoms with Crippen molar-refractivity contribution in [1.82, 2.24) is 15.6 Å². The first-order valence-corrected chi connectivity index (χ1v) is 8.58. The second-order valence-corrected chi connectivity index (χ2v) is 6.10. The molecule has 0 radical (unpaired) electrons. The standard InChI is InChI=1S/C18H25FN4O.HI/c1-20-18(22-9-7-15-3-2-10-24-15)21-8-6-13-12-23-17-5-4-14(19)11-16(13)17;/h4-5,11-12,15,23H,2-3,6-10H2,1H3,(H2,20,21,22);1H. The maximum Gasteiger partial charge on any atom is 0.190 e. The number of aromatic nitrogens is 1. The third-order valence-corrected chi connectivity index (χ3v) is 4.42. The van der Waals surface area contributed by atoms with E-state index in [1.807, 2.05) is 6.20 Å². The molecule has 25 heavy (non-hydrogen) atoms. The highest BCUT2D eigenvalue weighted by Gasteiger charge is 2.14. The van der Waals surface area contributed by atoms with Crippen molar-refractivity contribution in [3.8, 4) is 0 Å². The van der Waals surface area contributed by atoms with Gasteiger partial charge in [0, 0.05) is 43.8 Å². The lowest BCUT2D eigenvalue weighted by atomic mass is 10.1. The highest BCUT2D eigenvalue weighted by atomic mass is 127. The van der Waals surface area contributed by atoms with Gasteiger partial charge in [0.15, 0.2) is 5.96 Å². The fraction of sp³-hybridized carbons (Fsp3) is 0.500. The molecule has 0 aliphatic carbocycles. The largest absolute Gasteiger partial charge is 0.378 e. The third-order valence-electron chi connectivity index (χ3n) is 4.42. The number of fused-ring (bicyclic) bond motifs is 1. The number of ether oxygens (including phenoxy) is 1. The number of aliphatic imine (C=N–C) groups is 1. The minimum Gasteiger partial charge on any atom is -0.378 e. The number of rotatable bonds is 6. The highest BCUT2D eigenvalue weighted by Crippen LogP contribution is 2.19. The smallest absolute Gasteiger partial charge is 0.190 e. The van der Waals surface area contributed by atoms with Gasteiger partial charge in [0.2, 0.25) is 0 Å². The van der Waals surface area contributed by atoms with Gasteiger partial charge in [0.1, 0.15) is 5.82 Å². The second-order valence-electron chi connectivity index (χ2n) is 6.10. The molecule has 0 amide bonds. The van der Waals surface area contributed by atoms with Gasteiger partial charge in [-0.2, -0.15) is 0 Å². The van der Waals surface area contributed by atoms with Crippen LogP contribution in [0.3, 0.4) is 0 Å². The predicted molar refractivity (Wildman–Crippen MR) is 110 cm³/mol. The molecule has 1 aromatic carbocycles. The Bertz CT molecular complexity index is 697. The fourth-order valence-electron chi connectivity index (χ4n) is 3.12. The van der Waals surface area contributed by atoms with E-state index in [1.165, 1.54) is 12.5 Å². The van der Waals surface area contributed by atoms with Gasteiger partial charge in [0.05, 0.1) is 6.10 Å². The van der Waals surface area contributed by atoms with Gasteiger partial charge in [-0.15, -0.1) is 24.0 Å². The number of hydrogen-bond acceptors (Lipinski definition) is 2. The summed E-state index contributed by atoms with van der Waals surface area (Å²) in [5.74, 6) is 0.585. The molecule has 7 heteroatoms. The Morgan fingerprint density at radius 2 is 2.20 bits per heavy atom.